The van der Waals surface area contributed by atoms with Crippen LogP contribution in [-0.2, 0) is 4.79 Å². The van der Waals surface area contributed by atoms with Gasteiger partial charge in [-0.25, -0.2) is 0 Å². The minimum atomic E-state index is 0.276. The predicted octanol–water partition coefficient (Wildman–Crippen LogP) is 4.51. The summed E-state index contributed by atoms with van der Waals surface area (Å²) in [6, 6.07) is 0. The average Bonchev–Trinajstić information content (AvgIpc) is 2.55. The Morgan fingerprint density at radius 2 is 2.00 bits per heavy atom. The first kappa shape index (κ1) is 15.3. The third kappa shape index (κ3) is 5.70. The van der Waals surface area contributed by atoms with Gasteiger partial charge in [0.2, 0.25) is 5.91 Å². The van der Waals surface area contributed by atoms with Crippen LogP contribution in [0.3, 0.4) is 0 Å². The van der Waals surface area contributed by atoms with Crippen molar-refractivity contribution in [2.24, 2.45) is 5.92 Å². The van der Waals surface area contributed by atoms with E-state index in [0.29, 0.717) is 5.92 Å². The quantitative estimate of drug-likeness (QED) is 0.581. The van der Waals surface area contributed by atoms with Crippen molar-refractivity contribution in [1.29, 1.82) is 0 Å². The van der Waals surface area contributed by atoms with Crippen molar-refractivity contribution >= 4 is 5.91 Å². The highest BCUT2D eigenvalue weighted by molar-refractivity contribution is 5.77. The molecule has 2 heteroatoms. The van der Waals surface area contributed by atoms with Crippen molar-refractivity contribution in [2.45, 2.75) is 71.1 Å². The number of likely N-dealkylation sites (tertiary alicyclic amines) is 1. The number of hydrogen-bond acceptors (Lipinski definition) is 1. The molecule has 1 amide bonds. The minimum Gasteiger partial charge on any atom is -0.320 e. The highest BCUT2D eigenvalue weighted by Gasteiger charge is 2.21. The molecule has 0 spiro atoms. The molecule has 0 bridgehead atoms. The highest BCUT2D eigenvalue weighted by atomic mass is 16.2. The van der Waals surface area contributed by atoms with Gasteiger partial charge >= 0.3 is 0 Å². The van der Waals surface area contributed by atoms with Crippen LogP contribution in [0.25, 0.3) is 0 Å². The molecule has 1 aliphatic rings. The Hall–Kier alpha value is -0.790. The van der Waals surface area contributed by atoms with Crippen LogP contribution in [0.1, 0.15) is 71.1 Å². The first-order chi connectivity index (χ1) is 8.77. The third-order valence-corrected chi connectivity index (χ3v) is 3.98. The van der Waals surface area contributed by atoms with E-state index in [9.17, 15) is 4.79 Å². The van der Waals surface area contributed by atoms with Crippen molar-refractivity contribution in [1.82, 2.24) is 4.90 Å². The topological polar surface area (TPSA) is 20.3 Å². The molecule has 0 radical (unpaired) electrons. The third-order valence-electron chi connectivity index (χ3n) is 3.98. The van der Waals surface area contributed by atoms with Gasteiger partial charge in [0.25, 0.3) is 0 Å². The number of amides is 1. The molecule has 0 aromatic rings. The summed E-state index contributed by atoms with van der Waals surface area (Å²) >= 11 is 0. The summed E-state index contributed by atoms with van der Waals surface area (Å²) in [6.07, 6.45) is 14.1. The summed E-state index contributed by atoms with van der Waals surface area (Å²) < 4.78 is 0. The molecule has 0 N–H and O–H groups in total. The van der Waals surface area contributed by atoms with Crippen molar-refractivity contribution in [3.05, 3.63) is 12.8 Å². The van der Waals surface area contributed by atoms with Crippen LogP contribution in [0.15, 0.2) is 12.8 Å². The lowest BCUT2D eigenvalue weighted by atomic mass is 9.93. The Morgan fingerprint density at radius 1 is 1.28 bits per heavy atom. The van der Waals surface area contributed by atoms with Crippen LogP contribution < -0.4 is 0 Å². The Bertz CT molecular complexity index is 249. The van der Waals surface area contributed by atoms with Crippen LogP contribution in [0.5, 0.6) is 0 Å². The first-order valence-electron chi connectivity index (χ1n) is 7.70. The van der Waals surface area contributed by atoms with E-state index in [2.05, 4.69) is 13.5 Å². The summed E-state index contributed by atoms with van der Waals surface area (Å²) in [5.41, 5.74) is 0. The summed E-state index contributed by atoms with van der Waals surface area (Å²) in [7, 11) is 0. The van der Waals surface area contributed by atoms with Crippen molar-refractivity contribution in [2.75, 3.05) is 6.54 Å². The van der Waals surface area contributed by atoms with Crippen molar-refractivity contribution in [3.8, 4) is 0 Å². The standard InChI is InChI=1S/C16H29NO/c1-3-5-6-7-8-9-11-15-12-10-13-17(4-2)16(18)14-15/h4,15H,2-3,5-14H2,1H3. The second kappa shape index (κ2) is 9.18. The van der Waals surface area contributed by atoms with E-state index >= 15 is 0 Å². The summed E-state index contributed by atoms with van der Waals surface area (Å²) in [5, 5.41) is 0. The lowest BCUT2D eigenvalue weighted by molar-refractivity contribution is -0.128. The number of carbonyl (C=O) groups is 1. The second-order valence-electron chi connectivity index (χ2n) is 5.54. The monoisotopic (exact) mass is 251 g/mol. The smallest absolute Gasteiger partial charge is 0.226 e. The number of carbonyl (C=O) groups excluding carboxylic acids is 1. The molecule has 104 valence electrons. The molecule has 0 aromatic heterocycles. The molecule has 1 unspecified atom stereocenters. The lowest BCUT2D eigenvalue weighted by Crippen LogP contribution is -2.24. The Labute approximate surface area is 112 Å². The molecule has 0 saturated carbocycles. The Balaban J connectivity index is 2.14. The van der Waals surface area contributed by atoms with Crippen LogP contribution in [0.4, 0.5) is 0 Å². The molecule has 1 aliphatic heterocycles. The molecule has 1 saturated heterocycles. The minimum absolute atomic E-state index is 0.276. The molecule has 18 heavy (non-hydrogen) atoms. The molecule has 1 atom stereocenters. The van der Waals surface area contributed by atoms with Gasteiger partial charge in [-0.2, -0.15) is 0 Å². The van der Waals surface area contributed by atoms with Gasteiger partial charge in [0, 0.05) is 13.0 Å². The van der Waals surface area contributed by atoms with E-state index in [1.54, 1.807) is 11.1 Å². The number of nitrogens with zero attached hydrogens (tertiary/aromatic N) is 1. The van der Waals surface area contributed by atoms with Gasteiger partial charge in [-0.05, 0) is 31.4 Å². The highest BCUT2D eigenvalue weighted by Crippen LogP contribution is 2.24. The Morgan fingerprint density at radius 3 is 2.72 bits per heavy atom. The number of rotatable bonds is 8. The van der Waals surface area contributed by atoms with E-state index in [-0.39, 0.29) is 5.91 Å². The van der Waals surface area contributed by atoms with E-state index in [1.807, 2.05) is 0 Å². The number of hydrogen-bond donors (Lipinski definition) is 0. The van der Waals surface area contributed by atoms with Crippen molar-refractivity contribution < 1.29 is 4.79 Å². The molecular weight excluding hydrogens is 222 g/mol. The van der Waals surface area contributed by atoms with Crippen LogP contribution in [0, 0.1) is 5.92 Å². The summed E-state index contributed by atoms with van der Waals surface area (Å²) in [5.74, 6) is 0.895. The zero-order valence-corrected chi connectivity index (χ0v) is 12.0. The van der Waals surface area contributed by atoms with E-state index in [1.165, 1.54) is 51.4 Å². The fourth-order valence-electron chi connectivity index (χ4n) is 2.79. The zero-order valence-electron chi connectivity index (χ0n) is 12.0. The summed E-state index contributed by atoms with van der Waals surface area (Å²) in [4.78, 5) is 13.7. The van der Waals surface area contributed by atoms with Crippen molar-refractivity contribution in [3.63, 3.8) is 0 Å². The van der Waals surface area contributed by atoms with Gasteiger partial charge in [0.15, 0.2) is 0 Å². The lowest BCUT2D eigenvalue weighted by Gasteiger charge is -2.15. The van der Waals surface area contributed by atoms with Gasteiger partial charge < -0.3 is 4.90 Å². The number of unbranched alkanes of at least 4 members (excludes halogenated alkanes) is 5. The molecule has 2 nitrogen and oxygen atoms in total. The maximum atomic E-state index is 11.9. The molecule has 0 aromatic carbocycles. The molecule has 1 heterocycles. The normalized spacial score (nSPS) is 20.8. The van der Waals surface area contributed by atoms with Crippen LogP contribution in [-0.4, -0.2) is 17.4 Å². The molecular formula is C16H29NO. The van der Waals surface area contributed by atoms with Gasteiger partial charge in [-0.3, -0.25) is 4.79 Å². The molecule has 1 rings (SSSR count). The second-order valence-corrected chi connectivity index (χ2v) is 5.54. The maximum absolute atomic E-state index is 11.9. The maximum Gasteiger partial charge on any atom is 0.226 e. The van der Waals surface area contributed by atoms with Gasteiger partial charge in [-0.1, -0.05) is 52.0 Å². The van der Waals surface area contributed by atoms with Gasteiger partial charge in [0.05, 0.1) is 0 Å². The molecule has 0 aliphatic carbocycles. The van der Waals surface area contributed by atoms with E-state index in [0.717, 1.165) is 19.4 Å². The van der Waals surface area contributed by atoms with E-state index < -0.39 is 0 Å². The van der Waals surface area contributed by atoms with Gasteiger partial charge in [-0.15, -0.1) is 0 Å². The summed E-state index contributed by atoms with van der Waals surface area (Å²) in [6.45, 7) is 6.83. The first-order valence-corrected chi connectivity index (χ1v) is 7.70. The predicted molar refractivity (Wildman–Crippen MR) is 77.2 cm³/mol. The fraction of sp³-hybridized carbons (Fsp3) is 0.812. The SMILES string of the molecule is C=CN1CCCC(CCCCCCCC)CC1=O. The fourth-order valence-corrected chi connectivity index (χ4v) is 2.79. The zero-order chi connectivity index (χ0) is 13.2. The molecule has 1 fully saturated rings. The average molecular weight is 251 g/mol. The Kier molecular flexibility index (Phi) is 7.79. The van der Waals surface area contributed by atoms with Crippen LogP contribution in [0.2, 0.25) is 0 Å². The van der Waals surface area contributed by atoms with E-state index in [4.69, 9.17) is 0 Å². The van der Waals surface area contributed by atoms with Crippen LogP contribution >= 0.6 is 0 Å². The van der Waals surface area contributed by atoms with Gasteiger partial charge in [0.1, 0.15) is 0 Å². The largest absolute Gasteiger partial charge is 0.320 e.